The Morgan fingerprint density at radius 3 is 1.82 bits per heavy atom. The van der Waals surface area contributed by atoms with E-state index in [1.807, 2.05) is 58.1 Å². The van der Waals surface area contributed by atoms with Crippen molar-refractivity contribution in [2.24, 2.45) is 18.8 Å². The highest BCUT2D eigenvalue weighted by Crippen LogP contribution is 2.52. The van der Waals surface area contributed by atoms with Crippen molar-refractivity contribution in [1.29, 1.82) is 0 Å². The summed E-state index contributed by atoms with van der Waals surface area (Å²) >= 11 is 0. The number of ether oxygens (including phenoxy) is 2. The van der Waals surface area contributed by atoms with Crippen molar-refractivity contribution < 1.29 is 23.9 Å². The first-order chi connectivity index (χ1) is 18.6. The number of aromatic nitrogens is 3. The number of likely N-dealkylation sites (tertiary alicyclic amines) is 2. The van der Waals surface area contributed by atoms with Crippen LogP contribution in [0.4, 0.5) is 9.59 Å². The van der Waals surface area contributed by atoms with Crippen LogP contribution < -0.4 is 11.3 Å². The highest BCUT2D eigenvalue weighted by Gasteiger charge is 2.56. The van der Waals surface area contributed by atoms with E-state index in [9.17, 15) is 14.4 Å². The summed E-state index contributed by atoms with van der Waals surface area (Å²) < 4.78 is 13.0. The van der Waals surface area contributed by atoms with Crippen molar-refractivity contribution in [2.45, 2.75) is 121 Å². The number of amides is 3. The Bertz CT molecular complexity index is 1100. The van der Waals surface area contributed by atoms with Crippen molar-refractivity contribution >= 4 is 18.1 Å². The molecule has 4 fully saturated rings. The third-order valence-electron chi connectivity index (χ3n) is 8.31. The van der Waals surface area contributed by atoms with Crippen LogP contribution in [0.3, 0.4) is 0 Å². The molecule has 2 spiro atoms. The van der Waals surface area contributed by atoms with E-state index in [0.29, 0.717) is 25.3 Å². The molecule has 5 rings (SSSR count). The van der Waals surface area contributed by atoms with Crippen molar-refractivity contribution in [1.82, 2.24) is 30.0 Å². The van der Waals surface area contributed by atoms with E-state index in [1.165, 1.54) is 0 Å². The second-order valence-electron chi connectivity index (χ2n) is 13.9. The summed E-state index contributed by atoms with van der Waals surface area (Å²) in [4.78, 5) is 40.0. The molecule has 12 heteroatoms. The lowest BCUT2D eigenvalue weighted by atomic mass is 9.88. The Hall–Kier alpha value is -2.89. The zero-order valence-corrected chi connectivity index (χ0v) is 25.2. The standard InChI is InChI=1S/C15H24N4O2.C13H23N3O3/c1-14(2,3)21-13(20)19-8-5-11(9-15(19)6-7-15)12-17-16-10-18(12)4;1-12(2,3)19-11(18)16-7-4-9(10(17)15-14)8-13(16)5-6-13/h10-11H,5-9H2,1-4H3;9H,4-8,14H2,1-3H3,(H,15,17). The lowest BCUT2D eigenvalue weighted by Crippen LogP contribution is -2.52. The van der Waals surface area contributed by atoms with Gasteiger partial charge in [0, 0.05) is 43.1 Å². The van der Waals surface area contributed by atoms with Crippen LogP contribution in [-0.2, 0) is 21.3 Å². The predicted molar refractivity (Wildman–Crippen MR) is 148 cm³/mol. The van der Waals surface area contributed by atoms with Crippen molar-refractivity contribution in [3.63, 3.8) is 0 Å². The Morgan fingerprint density at radius 2 is 1.40 bits per heavy atom. The lowest BCUT2D eigenvalue weighted by Gasteiger charge is -2.40. The smallest absolute Gasteiger partial charge is 0.410 e. The van der Waals surface area contributed by atoms with Gasteiger partial charge in [0.15, 0.2) is 0 Å². The van der Waals surface area contributed by atoms with Gasteiger partial charge in [-0.2, -0.15) is 0 Å². The third kappa shape index (κ3) is 6.87. The van der Waals surface area contributed by atoms with Gasteiger partial charge in [0.1, 0.15) is 23.4 Å². The van der Waals surface area contributed by atoms with E-state index < -0.39 is 11.2 Å². The summed E-state index contributed by atoms with van der Waals surface area (Å²) in [6.07, 6.45) is 8.57. The minimum absolute atomic E-state index is 0.00278. The fourth-order valence-electron chi connectivity index (χ4n) is 6.05. The van der Waals surface area contributed by atoms with E-state index in [1.54, 1.807) is 11.2 Å². The Kier molecular flexibility index (Phi) is 8.14. The quantitative estimate of drug-likeness (QED) is 0.316. The summed E-state index contributed by atoms with van der Waals surface area (Å²) in [5, 5.41) is 8.22. The minimum atomic E-state index is -0.487. The molecule has 2 saturated heterocycles. The zero-order valence-electron chi connectivity index (χ0n) is 25.2. The molecule has 0 aromatic carbocycles. The second kappa shape index (κ2) is 10.8. The molecule has 2 saturated carbocycles. The van der Waals surface area contributed by atoms with Gasteiger partial charge >= 0.3 is 12.2 Å². The van der Waals surface area contributed by atoms with Crippen LogP contribution in [0.15, 0.2) is 6.33 Å². The van der Waals surface area contributed by atoms with Gasteiger partial charge in [-0.1, -0.05) is 0 Å². The van der Waals surface area contributed by atoms with Gasteiger partial charge in [-0.05, 0) is 92.9 Å². The van der Waals surface area contributed by atoms with E-state index in [0.717, 1.165) is 50.9 Å². The van der Waals surface area contributed by atoms with Gasteiger partial charge in [-0.15, -0.1) is 10.2 Å². The average Bonchev–Trinajstić information content (AvgIpc) is 3.75. The predicted octanol–water partition coefficient (Wildman–Crippen LogP) is 3.62. The Balaban J connectivity index is 0.000000186. The second-order valence-corrected chi connectivity index (χ2v) is 13.9. The van der Waals surface area contributed by atoms with Crippen LogP contribution in [0.1, 0.15) is 105 Å². The normalized spacial score (nSPS) is 24.6. The third-order valence-corrected chi connectivity index (χ3v) is 8.31. The van der Waals surface area contributed by atoms with E-state index in [4.69, 9.17) is 15.3 Å². The summed E-state index contributed by atoms with van der Waals surface area (Å²) in [5.41, 5.74) is 1.11. The van der Waals surface area contributed by atoms with Crippen LogP contribution in [0.25, 0.3) is 0 Å². The average molecular weight is 562 g/mol. The van der Waals surface area contributed by atoms with Gasteiger partial charge in [-0.25, -0.2) is 15.4 Å². The molecule has 2 aliphatic heterocycles. The SMILES string of the molecule is CC(C)(C)OC(=O)N1CCC(C(=O)NN)CC12CC2.Cn1cnnc1C1CCN(C(=O)OC(C)(C)C)C2(CC2)C1. The van der Waals surface area contributed by atoms with Gasteiger partial charge in [0.05, 0.1) is 0 Å². The topological polar surface area (TPSA) is 145 Å². The molecule has 0 bridgehead atoms. The highest BCUT2D eigenvalue weighted by molar-refractivity contribution is 5.79. The fraction of sp³-hybridized carbons (Fsp3) is 0.821. The largest absolute Gasteiger partial charge is 0.444 e. The van der Waals surface area contributed by atoms with Crippen molar-refractivity contribution in [3.05, 3.63) is 12.2 Å². The molecule has 2 aliphatic carbocycles. The number of piperidine rings is 2. The van der Waals surface area contributed by atoms with E-state index in [2.05, 4.69) is 15.6 Å². The summed E-state index contributed by atoms with van der Waals surface area (Å²) in [5.74, 6) is 6.38. The summed E-state index contributed by atoms with van der Waals surface area (Å²) in [6.45, 7) is 12.6. The summed E-state index contributed by atoms with van der Waals surface area (Å²) in [6, 6.07) is 0. The maximum atomic E-state index is 12.4. The number of nitrogens with zero attached hydrogens (tertiary/aromatic N) is 5. The molecule has 3 N–H and O–H groups in total. The molecule has 40 heavy (non-hydrogen) atoms. The van der Waals surface area contributed by atoms with Gasteiger partial charge < -0.3 is 23.8 Å². The molecule has 0 radical (unpaired) electrons. The van der Waals surface area contributed by atoms with Gasteiger partial charge in [0.2, 0.25) is 5.91 Å². The number of carbonyl (C=O) groups is 3. The monoisotopic (exact) mass is 561 g/mol. The molecule has 2 unspecified atom stereocenters. The number of nitrogens with two attached hydrogens (primary N) is 1. The van der Waals surface area contributed by atoms with Crippen LogP contribution in [0.5, 0.6) is 0 Å². The van der Waals surface area contributed by atoms with Crippen LogP contribution >= 0.6 is 0 Å². The van der Waals surface area contributed by atoms with E-state index >= 15 is 0 Å². The first-order valence-corrected chi connectivity index (χ1v) is 14.4. The maximum absolute atomic E-state index is 12.4. The summed E-state index contributed by atoms with van der Waals surface area (Å²) in [7, 11) is 1.98. The Labute approximate surface area is 237 Å². The maximum Gasteiger partial charge on any atom is 0.410 e. The number of aryl methyl sites for hydroxylation is 1. The molecule has 224 valence electrons. The number of nitrogens with one attached hydrogen (secondary N) is 1. The van der Waals surface area contributed by atoms with Crippen molar-refractivity contribution in [2.75, 3.05) is 13.1 Å². The Morgan fingerprint density at radius 1 is 0.900 bits per heavy atom. The number of carbonyl (C=O) groups excluding carboxylic acids is 3. The molecular formula is C28H47N7O5. The number of hydrogen-bond donors (Lipinski definition) is 2. The van der Waals surface area contributed by atoms with Crippen molar-refractivity contribution in [3.8, 4) is 0 Å². The fourth-order valence-corrected chi connectivity index (χ4v) is 6.05. The molecule has 3 amide bonds. The molecule has 1 aromatic rings. The number of hydrazine groups is 1. The first kappa shape index (κ1) is 30.1. The molecular weight excluding hydrogens is 514 g/mol. The van der Waals surface area contributed by atoms with Gasteiger partial charge in [-0.3, -0.25) is 10.2 Å². The van der Waals surface area contributed by atoms with Crippen LogP contribution in [0, 0.1) is 5.92 Å². The highest BCUT2D eigenvalue weighted by atomic mass is 16.6. The number of hydrogen-bond acceptors (Lipinski definition) is 8. The molecule has 3 heterocycles. The van der Waals surface area contributed by atoms with E-state index in [-0.39, 0.29) is 35.1 Å². The molecule has 2 atom stereocenters. The molecule has 12 nitrogen and oxygen atoms in total. The zero-order chi connectivity index (χ0) is 29.5. The van der Waals surface area contributed by atoms with Crippen LogP contribution in [-0.4, -0.2) is 78.0 Å². The lowest BCUT2D eigenvalue weighted by molar-refractivity contribution is -0.127. The number of rotatable bonds is 2. The first-order valence-electron chi connectivity index (χ1n) is 14.4. The van der Waals surface area contributed by atoms with Crippen LogP contribution in [0.2, 0.25) is 0 Å². The molecule has 1 aromatic heterocycles. The minimum Gasteiger partial charge on any atom is -0.444 e. The van der Waals surface area contributed by atoms with Gasteiger partial charge in [0.25, 0.3) is 0 Å². The molecule has 4 aliphatic rings.